The molecule has 0 atom stereocenters. The first-order valence-corrected chi connectivity index (χ1v) is 7.11. The zero-order valence-corrected chi connectivity index (χ0v) is 12.5. The molecular weight excluding hydrogens is 302 g/mol. The summed E-state index contributed by atoms with van der Waals surface area (Å²) in [5.41, 5.74) is 1.82. The van der Waals surface area contributed by atoms with Crippen molar-refractivity contribution in [2.45, 2.75) is 19.8 Å². The Morgan fingerprint density at radius 2 is 1.43 bits per heavy atom. The van der Waals surface area contributed by atoms with Gasteiger partial charge in [0, 0.05) is 17.4 Å². The van der Waals surface area contributed by atoms with Crippen LogP contribution in [0.25, 0.3) is 0 Å². The lowest BCUT2D eigenvalue weighted by molar-refractivity contribution is -0.123. The van der Waals surface area contributed by atoms with Gasteiger partial charge in [0.05, 0.1) is 0 Å². The van der Waals surface area contributed by atoms with Crippen molar-refractivity contribution in [1.29, 1.82) is 0 Å². The number of hydrogen-bond acceptors (Lipinski definition) is 2. The van der Waals surface area contributed by atoms with Crippen LogP contribution in [0.5, 0.6) is 0 Å². The summed E-state index contributed by atoms with van der Waals surface area (Å²) in [6, 6.07) is 10.3. The highest BCUT2D eigenvalue weighted by Gasteiger charge is 2.11. The van der Waals surface area contributed by atoms with Crippen LogP contribution in [-0.2, 0) is 16.0 Å². The molecule has 6 heteroatoms. The number of nitrogens with one attached hydrogen (secondary N) is 2. The van der Waals surface area contributed by atoms with Crippen molar-refractivity contribution in [3.63, 3.8) is 0 Å². The minimum absolute atomic E-state index is 0.0917. The summed E-state index contributed by atoms with van der Waals surface area (Å²) in [4.78, 5) is 23.5. The van der Waals surface area contributed by atoms with E-state index in [0.717, 1.165) is 24.1 Å². The normalized spacial score (nSPS) is 10.2. The molecule has 0 heterocycles. The zero-order chi connectivity index (χ0) is 16.8. The van der Waals surface area contributed by atoms with Crippen molar-refractivity contribution in [2.24, 2.45) is 0 Å². The van der Waals surface area contributed by atoms with E-state index in [4.69, 9.17) is 0 Å². The highest BCUT2D eigenvalue weighted by atomic mass is 19.2. The summed E-state index contributed by atoms with van der Waals surface area (Å²) in [5.74, 6) is -3.17. The van der Waals surface area contributed by atoms with Crippen molar-refractivity contribution in [2.75, 3.05) is 10.6 Å². The fourth-order valence-electron chi connectivity index (χ4n) is 1.95. The average molecular weight is 318 g/mol. The summed E-state index contributed by atoms with van der Waals surface area (Å²) in [5, 5.41) is 4.94. The number of carbonyl (C=O) groups excluding carboxylic acids is 2. The molecule has 0 aliphatic carbocycles. The van der Waals surface area contributed by atoms with Gasteiger partial charge in [-0.25, -0.2) is 8.78 Å². The molecule has 2 amide bonds. The third-order valence-electron chi connectivity index (χ3n) is 3.17. The van der Waals surface area contributed by atoms with Gasteiger partial charge < -0.3 is 10.6 Å². The standard InChI is InChI=1S/C17H16F2N2O2/c1-2-11-3-5-12(6-4-11)20-16(22)10-17(23)21-13-7-8-14(18)15(19)9-13/h3-9H,2,10H2,1H3,(H,20,22)(H,21,23). The van der Waals surface area contributed by atoms with Crippen LogP contribution < -0.4 is 10.6 Å². The van der Waals surface area contributed by atoms with Gasteiger partial charge >= 0.3 is 0 Å². The van der Waals surface area contributed by atoms with E-state index in [1.165, 1.54) is 6.07 Å². The lowest BCUT2D eigenvalue weighted by Gasteiger charge is -2.07. The van der Waals surface area contributed by atoms with Gasteiger partial charge in [0.15, 0.2) is 11.6 Å². The van der Waals surface area contributed by atoms with Gasteiger partial charge in [-0.2, -0.15) is 0 Å². The van der Waals surface area contributed by atoms with Crippen molar-refractivity contribution in [3.8, 4) is 0 Å². The van der Waals surface area contributed by atoms with Crippen LogP contribution >= 0.6 is 0 Å². The third kappa shape index (κ3) is 4.88. The van der Waals surface area contributed by atoms with Gasteiger partial charge in [0.25, 0.3) is 0 Å². The number of carbonyl (C=O) groups is 2. The number of benzene rings is 2. The molecule has 0 saturated carbocycles. The molecule has 2 aromatic carbocycles. The largest absolute Gasteiger partial charge is 0.326 e. The van der Waals surface area contributed by atoms with E-state index in [-0.39, 0.29) is 5.69 Å². The summed E-state index contributed by atoms with van der Waals surface area (Å²) < 4.78 is 25.8. The van der Waals surface area contributed by atoms with Crippen molar-refractivity contribution in [3.05, 3.63) is 59.7 Å². The van der Waals surface area contributed by atoms with E-state index in [9.17, 15) is 18.4 Å². The number of halogens is 2. The molecule has 2 N–H and O–H groups in total. The Labute approximate surface area is 132 Å². The Hall–Kier alpha value is -2.76. The zero-order valence-electron chi connectivity index (χ0n) is 12.5. The minimum atomic E-state index is -1.07. The van der Waals surface area contributed by atoms with Gasteiger partial charge in [-0.3, -0.25) is 9.59 Å². The van der Waals surface area contributed by atoms with Gasteiger partial charge in [-0.15, -0.1) is 0 Å². The Bertz CT molecular complexity index is 715. The molecule has 2 aromatic rings. The molecule has 0 unspecified atom stereocenters. The Morgan fingerprint density at radius 1 is 0.870 bits per heavy atom. The quantitative estimate of drug-likeness (QED) is 0.829. The average Bonchev–Trinajstić information content (AvgIpc) is 2.51. The first-order valence-electron chi connectivity index (χ1n) is 7.11. The molecule has 0 spiro atoms. The second-order valence-electron chi connectivity index (χ2n) is 4.95. The molecule has 2 rings (SSSR count). The lowest BCUT2D eigenvalue weighted by atomic mass is 10.1. The maximum Gasteiger partial charge on any atom is 0.233 e. The molecule has 120 valence electrons. The van der Waals surface area contributed by atoms with Crippen LogP contribution in [-0.4, -0.2) is 11.8 Å². The Kier molecular flexibility index (Phi) is 5.41. The highest BCUT2D eigenvalue weighted by molar-refractivity contribution is 6.08. The second kappa shape index (κ2) is 7.49. The molecule has 0 aliphatic heterocycles. The molecule has 0 bridgehead atoms. The Morgan fingerprint density at radius 3 is 2.00 bits per heavy atom. The van der Waals surface area contributed by atoms with E-state index in [1.54, 1.807) is 12.1 Å². The summed E-state index contributed by atoms with van der Waals surface area (Å²) in [7, 11) is 0. The fraction of sp³-hybridized carbons (Fsp3) is 0.176. The topological polar surface area (TPSA) is 58.2 Å². The smallest absolute Gasteiger partial charge is 0.233 e. The van der Waals surface area contributed by atoms with E-state index in [0.29, 0.717) is 5.69 Å². The van der Waals surface area contributed by atoms with Crippen LogP contribution in [0.3, 0.4) is 0 Å². The molecule has 4 nitrogen and oxygen atoms in total. The molecule has 0 fully saturated rings. The van der Waals surface area contributed by atoms with Crippen LogP contribution in [0, 0.1) is 11.6 Å². The SMILES string of the molecule is CCc1ccc(NC(=O)CC(=O)Nc2ccc(F)c(F)c2)cc1. The number of hydrogen-bond donors (Lipinski definition) is 2. The number of amides is 2. The van der Waals surface area contributed by atoms with Gasteiger partial charge in [0.2, 0.25) is 11.8 Å². The van der Waals surface area contributed by atoms with Crippen molar-refractivity contribution in [1.82, 2.24) is 0 Å². The van der Waals surface area contributed by atoms with E-state index in [2.05, 4.69) is 10.6 Å². The molecular formula is C17H16F2N2O2. The highest BCUT2D eigenvalue weighted by Crippen LogP contribution is 2.14. The number of anilines is 2. The van der Waals surface area contributed by atoms with Crippen molar-refractivity contribution < 1.29 is 18.4 Å². The van der Waals surface area contributed by atoms with E-state index in [1.807, 2.05) is 19.1 Å². The maximum absolute atomic E-state index is 13.0. The predicted molar refractivity (Wildman–Crippen MR) is 84.1 cm³/mol. The van der Waals surface area contributed by atoms with Gasteiger partial charge in [-0.1, -0.05) is 19.1 Å². The summed E-state index contributed by atoms with van der Waals surface area (Å²) in [6.07, 6.45) is 0.472. The molecule has 0 saturated heterocycles. The number of aryl methyl sites for hydroxylation is 1. The van der Waals surface area contributed by atoms with Gasteiger partial charge in [-0.05, 0) is 36.2 Å². The molecule has 0 aromatic heterocycles. The molecule has 0 radical (unpaired) electrons. The van der Waals surface area contributed by atoms with E-state index < -0.39 is 29.9 Å². The van der Waals surface area contributed by atoms with Crippen LogP contribution in [0.15, 0.2) is 42.5 Å². The predicted octanol–water partition coefficient (Wildman–Crippen LogP) is 3.49. The van der Waals surface area contributed by atoms with Crippen LogP contribution in [0.2, 0.25) is 0 Å². The monoisotopic (exact) mass is 318 g/mol. The third-order valence-corrected chi connectivity index (χ3v) is 3.17. The maximum atomic E-state index is 13.0. The van der Waals surface area contributed by atoms with Crippen LogP contribution in [0.4, 0.5) is 20.2 Å². The fourth-order valence-corrected chi connectivity index (χ4v) is 1.95. The van der Waals surface area contributed by atoms with Crippen LogP contribution in [0.1, 0.15) is 18.9 Å². The summed E-state index contributed by atoms with van der Waals surface area (Å²) in [6.45, 7) is 2.02. The van der Waals surface area contributed by atoms with E-state index >= 15 is 0 Å². The second-order valence-corrected chi connectivity index (χ2v) is 4.95. The Balaban J connectivity index is 1.88. The molecule has 23 heavy (non-hydrogen) atoms. The number of rotatable bonds is 5. The first-order chi connectivity index (χ1) is 11.0. The summed E-state index contributed by atoms with van der Waals surface area (Å²) >= 11 is 0. The lowest BCUT2D eigenvalue weighted by Crippen LogP contribution is -2.21. The first kappa shape index (κ1) is 16.6. The van der Waals surface area contributed by atoms with Gasteiger partial charge in [0.1, 0.15) is 6.42 Å². The van der Waals surface area contributed by atoms with Crippen molar-refractivity contribution >= 4 is 23.2 Å². The molecule has 0 aliphatic rings. The minimum Gasteiger partial charge on any atom is -0.326 e.